The van der Waals surface area contributed by atoms with Crippen LogP contribution in [0.3, 0.4) is 0 Å². The molecule has 2 aromatic carbocycles. The molecule has 0 fully saturated rings. The maximum absolute atomic E-state index is 12.7. The number of alkyl halides is 3. The topological polar surface area (TPSA) is 51.8 Å². The second kappa shape index (κ2) is 6.74. The van der Waals surface area contributed by atoms with Crippen molar-refractivity contribution in [1.29, 1.82) is 0 Å². The molecule has 0 bridgehead atoms. The van der Waals surface area contributed by atoms with Crippen molar-refractivity contribution >= 4 is 10.9 Å². The molecule has 0 saturated carbocycles. The quantitative estimate of drug-likeness (QED) is 0.429. The van der Waals surface area contributed by atoms with Gasteiger partial charge in [0, 0.05) is 17.1 Å². The molecular formula is C21H16F3N3O. The number of benzene rings is 2. The summed E-state index contributed by atoms with van der Waals surface area (Å²) >= 11 is 0. The molecule has 4 nitrogen and oxygen atoms in total. The van der Waals surface area contributed by atoms with Crippen LogP contribution >= 0.6 is 0 Å². The van der Waals surface area contributed by atoms with Gasteiger partial charge in [0.15, 0.2) is 0 Å². The first-order valence-corrected chi connectivity index (χ1v) is 8.73. The molecule has 0 aliphatic carbocycles. The molecule has 0 amide bonds. The number of rotatable bonds is 3. The van der Waals surface area contributed by atoms with E-state index in [-0.39, 0.29) is 5.82 Å². The molecule has 0 spiro atoms. The van der Waals surface area contributed by atoms with Gasteiger partial charge in [-0.1, -0.05) is 49.3 Å². The van der Waals surface area contributed by atoms with Gasteiger partial charge < -0.3 is 4.52 Å². The summed E-state index contributed by atoms with van der Waals surface area (Å²) in [5, 5.41) is 4.20. The Morgan fingerprint density at radius 2 is 1.57 bits per heavy atom. The minimum absolute atomic E-state index is 0.145. The van der Waals surface area contributed by atoms with Crippen molar-refractivity contribution in [1.82, 2.24) is 15.1 Å². The van der Waals surface area contributed by atoms with Crippen molar-refractivity contribution in [2.75, 3.05) is 0 Å². The SMILES string of the molecule is CC(C)c1ccc(-c2ccc3ncc(-c4noc(C(F)(F)F)n4)cc3c2)cc1. The van der Waals surface area contributed by atoms with E-state index in [0.29, 0.717) is 11.5 Å². The Balaban J connectivity index is 1.72. The lowest BCUT2D eigenvalue weighted by Gasteiger charge is -2.08. The molecule has 0 aliphatic heterocycles. The van der Waals surface area contributed by atoms with E-state index in [1.165, 1.54) is 11.8 Å². The summed E-state index contributed by atoms with van der Waals surface area (Å²) < 4.78 is 42.3. The number of hydrogen-bond donors (Lipinski definition) is 0. The Morgan fingerprint density at radius 1 is 0.893 bits per heavy atom. The summed E-state index contributed by atoms with van der Waals surface area (Å²) in [6.45, 7) is 4.28. The van der Waals surface area contributed by atoms with Gasteiger partial charge in [0.25, 0.3) is 0 Å². The molecule has 2 aromatic heterocycles. The molecule has 7 heteroatoms. The molecule has 4 rings (SSSR count). The van der Waals surface area contributed by atoms with Crippen LogP contribution in [0, 0.1) is 0 Å². The fourth-order valence-electron chi connectivity index (χ4n) is 2.95. The highest BCUT2D eigenvalue weighted by Gasteiger charge is 2.38. The Labute approximate surface area is 159 Å². The molecule has 28 heavy (non-hydrogen) atoms. The molecule has 2 heterocycles. The van der Waals surface area contributed by atoms with E-state index in [1.807, 2.05) is 18.2 Å². The van der Waals surface area contributed by atoms with Gasteiger partial charge in [0.05, 0.1) is 5.52 Å². The third-order valence-corrected chi connectivity index (χ3v) is 4.52. The molecule has 0 saturated heterocycles. The van der Waals surface area contributed by atoms with Crippen molar-refractivity contribution in [2.45, 2.75) is 25.9 Å². The summed E-state index contributed by atoms with van der Waals surface area (Å²) in [5.41, 5.74) is 4.39. The van der Waals surface area contributed by atoms with Crippen molar-refractivity contribution in [2.24, 2.45) is 0 Å². The molecule has 0 radical (unpaired) electrons. The number of aromatic nitrogens is 3. The average Bonchev–Trinajstić information content (AvgIpc) is 3.18. The Kier molecular flexibility index (Phi) is 4.37. The van der Waals surface area contributed by atoms with Crippen molar-refractivity contribution in [3.63, 3.8) is 0 Å². The number of pyridine rings is 1. The average molecular weight is 383 g/mol. The van der Waals surface area contributed by atoms with Crippen LogP contribution in [0.2, 0.25) is 0 Å². The zero-order chi connectivity index (χ0) is 19.9. The lowest BCUT2D eigenvalue weighted by atomic mass is 9.98. The third kappa shape index (κ3) is 3.47. The maximum atomic E-state index is 12.7. The van der Waals surface area contributed by atoms with Crippen LogP contribution in [-0.4, -0.2) is 15.1 Å². The molecule has 4 aromatic rings. The summed E-state index contributed by atoms with van der Waals surface area (Å²) in [7, 11) is 0. The van der Waals surface area contributed by atoms with Crippen molar-refractivity contribution in [3.8, 4) is 22.5 Å². The number of fused-ring (bicyclic) bond motifs is 1. The normalized spacial score (nSPS) is 12.1. The number of hydrogen-bond acceptors (Lipinski definition) is 4. The Bertz CT molecular complexity index is 1130. The molecular weight excluding hydrogens is 367 g/mol. The highest BCUT2D eigenvalue weighted by atomic mass is 19.4. The summed E-state index contributed by atoms with van der Waals surface area (Å²) in [6, 6.07) is 15.8. The van der Waals surface area contributed by atoms with E-state index >= 15 is 0 Å². The molecule has 0 aliphatic rings. The van der Waals surface area contributed by atoms with E-state index in [4.69, 9.17) is 0 Å². The second-order valence-corrected chi connectivity index (χ2v) is 6.83. The van der Waals surface area contributed by atoms with Crippen LogP contribution in [-0.2, 0) is 6.18 Å². The summed E-state index contributed by atoms with van der Waals surface area (Å²) in [5.74, 6) is -1.07. The lowest BCUT2D eigenvalue weighted by molar-refractivity contribution is -0.159. The van der Waals surface area contributed by atoms with Crippen LogP contribution in [0.25, 0.3) is 33.4 Å². The molecule has 0 N–H and O–H groups in total. The van der Waals surface area contributed by atoms with Crippen molar-refractivity contribution < 1.29 is 17.7 Å². The fourth-order valence-corrected chi connectivity index (χ4v) is 2.95. The van der Waals surface area contributed by atoms with Gasteiger partial charge in [0.2, 0.25) is 5.82 Å². The molecule has 0 unspecified atom stereocenters. The van der Waals surface area contributed by atoms with Crippen LogP contribution in [0.15, 0.2) is 59.3 Å². The Hall–Kier alpha value is -3.22. The van der Waals surface area contributed by atoms with Crippen LogP contribution < -0.4 is 0 Å². The zero-order valence-corrected chi connectivity index (χ0v) is 15.2. The summed E-state index contributed by atoms with van der Waals surface area (Å²) in [6.07, 6.45) is -3.24. The number of nitrogens with zero attached hydrogens (tertiary/aromatic N) is 3. The van der Waals surface area contributed by atoms with Gasteiger partial charge in [-0.2, -0.15) is 18.2 Å². The lowest BCUT2D eigenvalue weighted by Crippen LogP contribution is -2.04. The van der Waals surface area contributed by atoms with E-state index < -0.39 is 12.1 Å². The van der Waals surface area contributed by atoms with Gasteiger partial charge in [-0.05, 0) is 40.8 Å². The number of halogens is 3. The molecule has 142 valence electrons. The first-order valence-electron chi connectivity index (χ1n) is 8.73. The van der Waals surface area contributed by atoms with Gasteiger partial charge in [-0.25, -0.2) is 0 Å². The maximum Gasteiger partial charge on any atom is 0.471 e. The minimum Gasteiger partial charge on any atom is -0.329 e. The van der Waals surface area contributed by atoms with E-state index in [9.17, 15) is 13.2 Å². The van der Waals surface area contributed by atoms with Crippen LogP contribution in [0.5, 0.6) is 0 Å². The van der Waals surface area contributed by atoms with Gasteiger partial charge in [-0.3, -0.25) is 4.98 Å². The third-order valence-electron chi connectivity index (χ3n) is 4.52. The van der Waals surface area contributed by atoms with E-state index in [2.05, 4.69) is 57.8 Å². The largest absolute Gasteiger partial charge is 0.471 e. The highest BCUT2D eigenvalue weighted by molar-refractivity contribution is 5.87. The first kappa shape index (κ1) is 18.2. The van der Waals surface area contributed by atoms with Gasteiger partial charge in [-0.15, -0.1) is 0 Å². The fraction of sp³-hybridized carbons (Fsp3) is 0.190. The highest BCUT2D eigenvalue weighted by Crippen LogP contribution is 2.31. The van der Waals surface area contributed by atoms with Crippen LogP contribution in [0.1, 0.15) is 31.2 Å². The predicted octanol–water partition coefficient (Wildman–Crippen LogP) is 6.09. The van der Waals surface area contributed by atoms with Crippen molar-refractivity contribution in [3.05, 3.63) is 66.2 Å². The molecule has 0 atom stereocenters. The minimum atomic E-state index is -4.68. The van der Waals surface area contributed by atoms with E-state index in [0.717, 1.165) is 22.0 Å². The first-order chi connectivity index (χ1) is 13.3. The standard InChI is InChI=1S/C21H16F3N3O/c1-12(2)13-3-5-14(6-4-13)15-7-8-18-16(9-15)10-17(11-25-18)19-26-20(28-27-19)21(22,23)24/h3-12H,1-2H3. The van der Waals surface area contributed by atoms with Gasteiger partial charge in [0.1, 0.15) is 0 Å². The van der Waals surface area contributed by atoms with Gasteiger partial charge >= 0.3 is 12.1 Å². The van der Waals surface area contributed by atoms with E-state index in [1.54, 1.807) is 6.07 Å². The Morgan fingerprint density at radius 3 is 2.21 bits per heavy atom. The smallest absolute Gasteiger partial charge is 0.329 e. The zero-order valence-electron chi connectivity index (χ0n) is 15.2. The predicted molar refractivity (Wildman–Crippen MR) is 99.6 cm³/mol. The second-order valence-electron chi connectivity index (χ2n) is 6.83. The summed E-state index contributed by atoms with van der Waals surface area (Å²) in [4.78, 5) is 7.72. The monoisotopic (exact) mass is 383 g/mol. The van der Waals surface area contributed by atoms with Crippen LogP contribution in [0.4, 0.5) is 13.2 Å².